The van der Waals surface area contributed by atoms with Gasteiger partial charge in [0.15, 0.2) is 0 Å². The molecule has 0 amide bonds. The molecule has 1 N–H and O–H groups in total. The molecule has 2 aromatic rings. The van der Waals surface area contributed by atoms with Gasteiger partial charge in [0.05, 0.1) is 6.10 Å². The Kier molecular flexibility index (Phi) is 4.20. The first kappa shape index (κ1) is 12.6. The number of aliphatic hydroxyl groups excluding tert-OH is 1. The van der Waals surface area contributed by atoms with Gasteiger partial charge in [-0.1, -0.05) is 28.1 Å². The number of halogens is 1. The number of aliphatic hydroxyl groups is 1. The predicted molar refractivity (Wildman–Crippen MR) is 73.4 cm³/mol. The van der Waals surface area contributed by atoms with Crippen LogP contribution in [0.3, 0.4) is 0 Å². The van der Waals surface area contributed by atoms with Crippen LogP contribution in [0.4, 0.5) is 0 Å². The van der Waals surface area contributed by atoms with Crippen LogP contribution in [-0.2, 0) is 6.61 Å². The molecule has 17 heavy (non-hydrogen) atoms. The highest BCUT2D eigenvalue weighted by molar-refractivity contribution is 9.10. The minimum atomic E-state index is -0.526. The van der Waals surface area contributed by atoms with Gasteiger partial charge in [-0.15, -0.1) is 11.3 Å². The van der Waals surface area contributed by atoms with Gasteiger partial charge < -0.3 is 9.84 Å². The Morgan fingerprint density at radius 2 is 2.24 bits per heavy atom. The summed E-state index contributed by atoms with van der Waals surface area (Å²) in [5, 5.41) is 11.7. The Morgan fingerprint density at radius 1 is 1.41 bits per heavy atom. The maximum Gasteiger partial charge on any atom is 0.126 e. The highest BCUT2D eigenvalue weighted by atomic mass is 79.9. The lowest BCUT2D eigenvalue weighted by molar-refractivity contribution is 0.190. The molecule has 0 aliphatic heterocycles. The van der Waals surface area contributed by atoms with Gasteiger partial charge in [-0.3, -0.25) is 0 Å². The Bertz CT molecular complexity index is 480. The van der Waals surface area contributed by atoms with Gasteiger partial charge in [0.25, 0.3) is 0 Å². The van der Waals surface area contributed by atoms with Crippen molar-refractivity contribution in [2.75, 3.05) is 0 Å². The van der Waals surface area contributed by atoms with Gasteiger partial charge in [-0.2, -0.15) is 0 Å². The molecule has 0 radical (unpaired) electrons. The van der Waals surface area contributed by atoms with Crippen molar-refractivity contribution in [3.8, 4) is 5.75 Å². The first-order valence-corrected chi connectivity index (χ1v) is 6.97. The summed E-state index contributed by atoms with van der Waals surface area (Å²) >= 11 is 5.07. The second kappa shape index (κ2) is 5.67. The minimum Gasteiger partial charge on any atom is -0.488 e. The predicted octanol–water partition coefficient (Wildman–Crippen LogP) is 4.14. The van der Waals surface area contributed by atoms with Gasteiger partial charge in [-0.25, -0.2) is 0 Å². The summed E-state index contributed by atoms with van der Waals surface area (Å²) in [7, 11) is 0. The van der Waals surface area contributed by atoms with E-state index in [4.69, 9.17) is 4.74 Å². The topological polar surface area (TPSA) is 29.5 Å². The van der Waals surface area contributed by atoms with E-state index in [2.05, 4.69) is 15.9 Å². The van der Waals surface area contributed by atoms with Crippen LogP contribution in [0.15, 0.2) is 40.2 Å². The van der Waals surface area contributed by atoms with Gasteiger partial charge in [0.2, 0.25) is 0 Å². The molecule has 1 aromatic carbocycles. The third kappa shape index (κ3) is 3.31. The van der Waals surface area contributed by atoms with E-state index in [1.807, 2.05) is 35.7 Å². The minimum absolute atomic E-state index is 0.526. The molecule has 4 heteroatoms. The van der Waals surface area contributed by atoms with Crippen molar-refractivity contribution in [2.24, 2.45) is 0 Å². The van der Waals surface area contributed by atoms with Crippen LogP contribution in [0.5, 0.6) is 5.75 Å². The van der Waals surface area contributed by atoms with Gasteiger partial charge in [-0.05, 0) is 30.5 Å². The van der Waals surface area contributed by atoms with Crippen molar-refractivity contribution in [1.29, 1.82) is 0 Å². The summed E-state index contributed by atoms with van der Waals surface area (Å²) in [6.45, 7) is 2.27. The number of hydrogen-bond donors (Lipinski definition) is 1. The third-order valence-corrected chi connectivity index (χ3v) is 3.72. The third-order valence-electron chi connectivity index (χ3n) is 2.38. The van der Waals surface area contributed by atoms with E-state index in [0.29, 0.717) is 6.61 Å². The van der Waals surface area contributed by atoms with Crippen LogP contribution in [0.25, 0.3) is 0 Å². The van der Waals surface area contributed by atoms with Crippen LogP contribution < -0.4 is 4.74 Å². The highest BCUT2D eigenvalue weighted by Gasteiger charge is 2.10. The van der Waals surface area contributed by atoms with E-state index in [1.165, 1.54) is 4.88 Å². The number of hydrogen-bond acceptors (Lipinski definition) is 3. The summed E-state index contributed by atoms with van der Waals surface area (Å²) in [5.74, 6) is 0.725. The normalized spacial score (nSPS) is 12.4. The molecule has 90 valence electrons. The lowest BCUT2D eigenvalue weighted by Gasteiger charge is -2.13. The maximum absolute atomic E-state index is 9.66. The van der Waals surface area contributed by atoms with E-state index in [-0.39, 0.29) is 0 Å². The molecule has 0 aliphatic rings. The average Bonchev–Trinajstić information content (AvgIpc) is 2.78. The van der Waals surface area contributed by atoms with Crippen molar-refractivity contribution in [2.45, 2.75) is 19.6 Å². The molecule has 0 unspecified atom stereocenters. The van der Waals surface area contributed by atoms with E-state index < -0.39 is 6.10 Å². The van der Waals surface area contributed by atoms with Crippen LogP contribution >= 0.6 is 27.3 Å². The summed E-state index contributed by atoms with van der Waals surface area (Å²) < 4.78 is 6.69. The van der Waals surface area contributed by atoms with E-state index in [9.17, 15) is 5.11 Å². The van der Waals surface area contributed by atoms with Crippen molar-refractivity contribution < 1.29 is 9.84 Å². The standard InChI is InChI=1S/C13H13BrO2S/c1-9(15)12-5-4-10(14)7-13(12)16-8-11-3-2-6-17-11/h2-7,9,15H,8H2,1H3/t9-/m0/s1. The lowest BCUT2D eigenvalue weighted by Crippen LogP contribution is -2.00. The average molecular weight is 313 g/mol. The highest BCUT2D eigenvalue weighted by Crippen LogP contribution is 2.29. The second-order valence-electron chi connectivity index (χ2n) is 3.73. The molecule has 0 aliphatic carbocycles. The summed E-state index contributed by atoms with van der Waals surface area (Å²) in [6, 6.07) is 9.69. The summed E-state index contributed by atoms with van der Waals surface area (Å²) in [5.41, 5.74) is 0.810. The SMILES string of the molecule is C[C@H](O)c1ccc(Br)cc1OCc1cccs1. The van der Waals surface area contributed by atoms with Gasteiger partial charge in [0, 0.05) is 14.9 Å². The van der Waals surface area contributed by atoms with E-state index in [1.54, 1.807) is 18.3 Å². The molecular formula is C13H13BrO2S. The fourth-order valence-corrected chi connectivity index (χ4v) is 2.48. The Labute approximate surface area is 113 Å². The maximum atomic E-state index is 9.66. The van der Waals surface area contributed by atoms with Crippen LogP contribution in [0, 0.1) is 0 Å². The largest absolute Gasteiger partial charge is 0.488 e. The van der Waals surface area contributed by atoms with Crippen molar-refractivity contribution in [3.05, 3.63) is 50.6 Å². The molecule has 1 aromatic heterocycles. The van der Waals surface area contributed by atoms with E-state index in [0.717, 1.165) is 15.8 Å². The first-order valence-electron chi connectivity index (χ1n) is 5.29. The zero-order valence-corrected chi connectivity index (χ0v) is 11.8. The second-order valence-corrected chi connectivity index (χ2v) is 5.67. The molecule has 1 heterocycles. The van der Waals surface area contributed by atoms with Crippen LogP contribution in [-0.4, -0.2) is 5.11 Å². The van der Waals surface area contributed by atoms with Gasteiger partial charge >= 0.3 is 0 Å². The molecule has 0 spiro atoms. The molecule has 0 bridgehead atoms. The molecule has 0 fully saturated rings. The Morgan fingerprint density at radius 3 is 2.88 bits per heavy atom. The number of thiophene rings is 1. The number of benzene rings is 1. The lowest BCUT2D eigenvalue weighted by atomic mass is 10.1. The summed E-state index contributed by atoms with van der Waals surface area (Å²) in [4.78, 5) is 1.17. The zero-order chi connectivity index (χ0) is 12.3. The molecular weight excluding hydrogens is 300 g/mol. The smallest absolute Gasteiger partial charge is 0.126 e. The van der Waals surface area contributed by atoms with Crippen LogP contribution in [0.2, 0.25) is 0 Å². The molecule has 1 atom stereocenters. The van der Waals surface area contributed by atoms with Crippen molar-refractivity contribution >= 4 is 27.3 Å². The molecule has 0 saturated heterocycles. The quantitative estimate of drug-likeness (QED) is 0.919. The first-order chi connectivity index (χ1) is 8.16. The fourth-order valence-electron chi connectivity index (χ4n) is 1.52. The summed E-state index contributed by atoms with van der Waals surface area (Å²) in [6.07, 6.45) is -0.526. The van der Waals surface area contributed by atoms with Crippen molar-refractivity contribution in [3.63, 3.8) is 0 Å². The number of ether oxygens (including phenoxy) is 1. The Hall–Kier alpha value is -0.840. The van der Waals surface area contributed by atoms with Crippen molar-refractivity contribution in [1.82, 2.24) is 0 Å². The van der Waals surface area contributed by atoms with E-state index >= 15 is 0 Å². The van der Waals surface area contributed by atoms with Crippen LogP contribution in [0.1, 0.15) is 23.5 Å². The fraction of sp³-hybridized carbons (Fsp3) is 0.231. The molecule has 2 nitrogen and oxygen atoms in total. The zero-order valence-electron chi connectivity index (χ0n) is 9.39. The number of rotatable bonds is 4. The Balaban J connectivity index is 2.16. The van der Waals surface area contributed by atoms with Gasteiger partial charge in [0.1, 0.15) is 12.4 Å². The molecule has 0 saturated carbocycles. The monoisotopic (exact) mass is 312 g/mol. The molecule has 2 rings (SSSR count).